The average Bonchev–Trinajstić information content (AvgIpc) is 2.64. The first kappa shape index (κ1) is 10.8. The summed E-state index contributed by atoms with van der Waals surface area (Å²) in [4.78, 5) is 0. The molecule has 2 fully saturated rings. The molecule has 0 aromatic carbocycles. The average molecular weight is 215 g/mol. The van der Waals surface area contributed by atoms with Crippen molar-refractivity contribution in [3.05, 3.63) is 0 Å². The molecule has 3 atom stereocenters. The van der Waals surface area contributed by atoms with E-state index < -0.39 is 0 Å². The molecule has 1 aliphatic heterocycles. The van der Waals surface area contributed by atoms with E-state index in [9.17, 15) is 0 Å². The van der Waals surface area contributed by atoms with Crippen molar-refractivity contribution in [3.63, 3.8) is 0 Å². The highest BCUT2D eigenvalue weighted by Crippen LogP contribution is 2.43. The first-order valence-electron chi connectivity index (χ1n) is 5.51. The Hall–Kier alpha value is 0.270. The standard InChI is InChI=1S/C11H21NOS/c1-11(2)9(6-10(11)13-3)12-8-4-5-14-7-8/h8-10,12H,4-7H2,1-3H3. The molecule has 0 amide bonds. The quantitative estimate of drug-likeness (QED) is 0.777. The summed E-state index contributed by atoms with van der Waals surface area (Å²) in [7, 11) is 1.83. The SMILES string of the molecule is COC1CC(NC2CCSC2)C1(C)C. The van der Waals surface area contributed by atoms with E-state index in [-0.39, 0.29) is 0 Å². The maximum atomic E-state index is 5.45. The topological polar surface area (TPSA) is 21.3 Å². The van der Waals surface area contributed by atoms with E-state index >= 15 is 0 Å². The highest BCUT2D eigenvalue weighted by atomic mass is 32.2. The van der Waals surface area contributed by atoms with Crippen LogP contribution >= 0.6 is 11.8 Å². The predicted octanol–water partition coefficient (Wildman–Crippen LogP) is 1.89. The molecule has 1 saturated carbocycles. The van der Waals surface area contributed by atoms with Gasteiger partial charge in [0.15, 0.2) is 0 Å². The third kappa shape index (κ3) is 1.82. The van der Waals surface area contributed by atoms with Crippen LogP contribution in [0.1, 0.15) is 26.7 Å². The molecule has 1 aliphatic carbocycles. The number of hydrogen-bond donors (Lipinski definition) is 1. The Bertz CT molecular complexity index is 201. The molecule has 1 N–H and O–H groups in total. The largest absolute Gasteiger partial charge is 0.381 e. The minimum Gasteiger partial charge on any atom is -0.381 e. The smallest absolute Gasteiger partial charge is 0.0652 e. The van der Waals surface area contributed by atoms with Crippen molar-refractivity contribution in [2.45, 2.75) is 44.9 Å². The Morgan fingerprint density at radius 2 is 2.21 bits per heavy atom. The van der Waals surface area contributed by atoms with Gasteiger partial charge in [-0.2, -0.15) is 11.8 Å². The van der Waals surface area contributed by atoms with Gasteiger partial charge in [-0.15, -0.1) is 0 Å². The van der Waals surface area contributed by atoms with Gasteiger partial charge < -0.3 is 10.1 Å². The van der Waals surface area contributed by atoms with E-state index in [0.29, 0.717) is 17.6 Å². The zero-order chi connectivity index (χ0) is 10.2. The Morgan fingerprint density at radius 3 is 2.71 bits per heavy atom. The predicted molar refractivity (Wildman–Crippen MR) is 61.8 cm³/mol. The molecule has 0 radical (unpaired) electrons. The second kappa shape index (κ2) is 4.03. The lowest BCUT2D eigenvalue weighted by Crippen LogP contribution is -2.62. The van der Waals surface area contributed by atoms with E-state index in [0.717, 1.165) is 6.04 Å². The molecular formula is C11H21NOS. The number of hydrogen-bond acceptors (Lipinski definition) is 3. The van der Waals surface area contributed by atoms with Gasteiger partial charge in [-0.1, -0.05) is 13.8 Å². The number of ether oxygens (including phenoxy) is 1. The van der Waals surface area contributed by atoms with E-state index in [1.54, 1.807) is 0 Å². The monoisotopic (exact) mass is 215 g/mol. The van der Waals surface area contributed by atoms with Crippen LogP contribution in [0.25, 0.3) is 0 Å². The third-order valence-electron chi connectivity index (χ3n) is 3.83. The minimum atomic E-state index is 0.321. The molecule has 0 bridgehead atoms. The highest BCUT2D eigenvalue weighted by Gasteiger charge is 2.48. The molecular weight excluding hydrogens is 194 g/mol. The molecule has 3 heteroatoms. The second-order valence-electron chi connectivity index (χ2n) is 5.06. The highest BCUT2D eigenvalue weighted by molar-refractivity contribution is 7.99. The van der Waals surface area contributed by atoms with Crippen molar-refractivity contribution in [1.82, 2.24) is 5.32 Å². The Morgan fingerprint density at radius 1 is 1.43 bits per heavy atom. The number of rotatable bonds is 3. The molecule has 0 aromatic heterocycles. The van der Waals surface area contributed by atoms with Crippen molar-refractivity contribution in [2.75, 3.05) is 18.6 Å². The van der Waals surface area contributed by atoms with Gasteiger partial charge in [-0.25, -0.2) is 0 Å². The fourth-order valence-electron chi connectivity index (χ4n) is 2.52. The van der Waals surface area contributed by atoms with E-state index in [2.05, 4.69) is 30.9 Å². The molecule has 2 nitrogen and oxygen atoms in total. The fraction of sp³-hybridized carbons (Fsp3) is 1.00. The van der Waals surface area contributed by atoms with Crippen LogP contribution in [0, 0.1) is 5.41 Å². The van der Waals surface area contributed by atoms with E-state index in [4.69, 9.17) is 4.74 Å². The van der Waals surface area contributed by atoms with Crippen molar-refractivity contribution < 1.29 is 4.74 Å². The first-order chi connectivity index (χ1) is 6.64. The van der Waals surface area contributed by atoms with Crippen LogP contribution in [0.5, 0.6) is 0 Å². The summed E-state index contributed by atoms with van der Waals surface area (Å²) in [6, 6.07) is 1.42. The molecule has 0 spiro atoms. The first-order valence-corrected chi connectivity index (χ1v) is 6.66. The Kier molecular flexibility index (Phi) is 3.10. The molecule has 1 saturated heterocycles. The molecule has 3 unspecified atom stereocenters. The zero-order valence-corrected chi connectivity index (χ0v) is 10.2. The third-order valence-corrected chi connectivity index (χ3v) is 4.99. The van der Waals surface area contributed by atoms with Crippen molar-refractivity contribution in [2.24, 2.45) is 5.41 Å². The molecule has 82 valence electrons. The zero-order valence-electron chi connectivity index (χ0n) is 9.38. The van der Waals surface area contributed by atoms with Crippen LogP contribution in [-0.4, -0.2) is 36.8 Å². The van der Waals surface area contributed by atoms with Crippen molar-refractivity contribution in [3.8, 4) is 0 Å². The normalized spacial score (nSPS) is 40.9. The van der Waals surface area contributed by atoms with Crippen LogP contribution in [0.3, 0.4) is 0 Å². The number of methoxy groups -OCH3 is 1. The van der Waals surface area contributed by atoms with Gasteiger partial charge in [-0.05, 0) is 18.6 Å². The van der Waals surface area contributed by atoms with Crippen LogP contribution in [0.2, 0.25) is 0 Å². The Balaban J connectivity index is 1.82. The summed E-state index contributed by atoms with van der Waals surface area (Å²) >= 11 is 2.07. The summed E-state index contributed by atoms with van der Waals surface area (Å²) in [6.07, 6.45) is 2.98. The van der Waals surface area contributed by atoms with Gasteiger partial charge in [0, 0.05) is 30.4 Å². The maximum absolute atomic E-state index is 5.45. The summed E-state index contributed by atoms with van der Waals surface area (Å²) in [6.45, 7) is 4.62. The van der Waals surface area contributed by atoms with Crippen LogP contribution in [-0.2, 0) is 4.74 Å². The van der Waals surface area contributed by atoms with Crippen molar-refractivity contribution in [1.29, 1.82) is 0 Å². The summed E-state index contributed by atoms with van der Waals surface area (Å²) in [5, 5.41) is 3.77. The van der Waals surface area contributed by atoms with Gasteiger partial charge in [0.2, 0.25) is 0 Å². The Labute approximate surface area is 91.2 Å². The molecule has 1 heterocycles. The summed E-state index contributed by atoms with van der Waals surface area (Å²) in [5.41, 5.74) is 0.321. The molecule has 0 aromatic rings. The van der Waals surface area contributed by atoms with E-state index in [1.807, 2.05) is 7.11 Å². The number of thioether (sulfide) groups is 1. The molecule has 2 rings (SSSR count). The van der Waals surface area contributed by atoms with E-state index in [1.165, 1.54) is 24.3 Å². The number of nitrogens with one attached hydrogen (secondary N) is 1. The fourth-order valence-corrected chi connectivity index (χ4v) is 3.68. The van der Waals surface area contributed by atoms with Crippen LogP contribution in [0.15, 0.2) is 0 Å². The lowest BCUT2D eigenvalue weighted by molar-refractivity contribution is -0.0995. The van der Waals surface area contributed by atoms with Gasteiger partial charge in [0.1, 0.15) is 0 Å². The maximum Gasteiger partial charge on any atom is 0.0652 e. The lowest BCUT2D eigenvalue weighted by atomic mass is 9.64. The molecule has 2 aliphatic rings. The van der Waals surface area contributed by atoms with Gasteiger partial charge in [-0.3, -0.25) is 0 Å². The molecule has 14 heavy (non-hydrogen) atoms. The second-order valence-corrected chi connectivity index (χ2v) is 6.21. The summed E-state index contributed by atoms with van der Waals surface area (Å²) in [5.74, 6) is 2.63. The van der Waals surface area contributed by atoms with Gasteiger partial charge in [0.25, 0.3) is 0 Å². The van der Waals surface area contributed by atoms with Gasteiger partial charge >= 0.3 is 0 Å². The van der Waals surface area contributed by atoms with Crippen LogP contribution in [0.4, 0.5) is 0 Å². The van der Waals surface area contributed by atoms with Crippen molar-refractivity contribution >= 4 is 11.8 Å². The minimum absolute atomic E-state index is 0.321. The van der Waals surface area contributed by atoms with Gasteiger partial charge in [0.05, 0.1) is 6.10 Å². The lowest BCUT2D eigenvalue weighted by Gasteiger charge is -2.52. The van der Waals surface area contributed by atoms with Crippen LogP contribution < -0.4 is 5.32 Å². The summed E-state index contributed by atoms with van der Waals surface area (Å²) < 4.78 is 5.45.